The van der Waals surface area contributed by atoms with Crippen LogP contribution in [0.4, 0.5) is 0 Å². The van der Waals surface area contributed by atoms with Crippen molar-refractivity contribution in [1.82, 2.24) is 20.0 Å². The molecule has 0 aliphatic rings. The van der Waals surface area contributed by atoms with Crippen molar-refractivity contribution in [2.45, 2.75) is 6.54 Å². The molecule has 0 saturated carbocycles. The van der Waals surface area contributed by atoms with Crippen LogP contribution in [0.1, 0.15) is 5.89 Å². The summed E-state index contributed by atoms with van der Waals surface area (Å²) in [5.74, 6) is 1.12. The van der Waals surface area contributed by atoms with Crippen LogP contribution >= 0.6 is 0 Å². The van der Waals surface area contributed by atoms with Crippen LogP contribution in [0.2, 0.25) is 0 Å². The summed E-state index contributed by atoms with van der Waals surface area (Å²) in [5.41, 5.74) is 0.841. The Morgan fingerprint density at radius 2 is 1.95 bits per heavy atom. The third kappa shape index (κ3) is 4.89. The highest BCUT2D eigenvalue weighted by molar-refractivity contribution is 5.51. The summed E-state index contributed by atoms with van der Waals surface area (Å²) < 4.78 is 15.5. The molecule has 0 unspecified atom stereocenters. The fourth-order valence-electron chi connectivity index (χ4n) is 1.83. The SMILES string of the molecule is COCCN(CCOC)Cc1nc(-c2cccnc2)no1. The third-order valence-corrected chi connectivity index (χ3v) is 2.97. The summed E-state index contributed by atoms with van der Waals surface area (Å²) in [6.07, 6.45) is 3.42. The van der Waals surface area contributed by atoms with Gasteiger partial charge in [0, 0.05) is 45.3 Å². The molecule has 0 radical (unpaired) electrons. The Labute approximate surface area is 123 Å². The predicted octanol–water partition coefficient (Wildman–Crippen LogP) is 1.23. The van der Waals surface area contributed by atoms with E-state index in [0.29, 0.717) is 31.5 Å². The summed E-state index contributed by atoms with van der Waals surface area (Å²) in [7, 11) is 3.36. The van der Waals surface area contributed by atoms with Gasteiger partial charge in [0.05, 0.1) is 19.8 Å². The van der Waals surface area contributed by atoms with Gasteiger partial charge >= 0.3 is 0 Å². The minimum absolute atomic E-state index is 0.552. The van der Waals surface area contributed by atoms with Gasteiger partial charge in [-0.2, -0.15) is 4.98 Å². The van der Waals surface area contributed by atoms with Gasteiger partial charge in [0.2, 0.25) is 11.7 Å². The Hall–Kier alpha value is -1.83. The van der Waals surface area contributed by atoms with E-state index in [0.717, 1.165) is 18.7 Å². The maximum atomic E-state index is 5.30. The number of aromatic nitrogens is 3. The Morgan fingerprint density at radius 3 is 2.57 bits per heavy atom. The van der Waals surface area contributed by atoms with Crippen LogP contribution in [-0.2, 0) is 16.0 Å². The molecule has 7 nitrogen and oxygen atoms in total. The van der Waals surface area contributed by atoms with Gasteiger partial charge in [0.15, 0.2) is 0 Å². The second-order valence-electron chi connectivity index (χ2n) is 4.52. The monoisotopic (exact) mass is 292 g/mol. The Bertz CT molecular complexity index is 510. The molecular formula is C14H20N4O3. The molecule has 2 heterocycles. The normalized spacial score (nSPS) is 11.2. The smallest absolute Gasteiger partial charge is 0.241 e. The zero-order chi connectivity index (χ0) is 14.9. The van der Waals surface area contributed by atoms with Crippen molar-refractivity contribution in [3.63, 3.8) is 0 Å². The van der Waals surface area contributed by atoms with Crippen molar-refractivity contribution >= 4 is 0 Å². The van der Waals surface area contributed by atoms with E-state index in [2.05, 4.69) is 20.0 Å². The molecule has 0 atom stereocenters. The lowest BCUT2D eigenvalue weighted by molar-refractivity contribution is 0.103. The predicted molar refractivity (Wildman–Crippen MR) is 76.6 cm³/mol. The highest BCUT2D eigenvalue weighted by atomic mass is 16.5. The molecule has 2 aromatic heterocycles. The zero-order valence-electron chi connectivity index (χ0n) is 12.4. The molecule has 0 aromatic carbocycles. The fourth-order valence-corrected chi connectivity index (χ4v) is 1.83. The summed E-state index contributed by atoms with van der Waals surface area (Å²) in [5, 5.41) is 3.98. The first-order valence-corrected chi connectivity index (χ1v) is 6.76. The molecule has 0 aliphatic heterocycles. The van der Waals surface area contributed by atoms with E-state index in [9.17, 15) is 0 Å². The highest BCUT2D eigenvalue weighted by Gasteiger charge is 2.13. The molecule has 0 N–H and O–H groups in total. The molecule has 114 valence electrons. The molecular weight excluding hydrogens is 272 g/mol. The second-order valence-corrected chi connectivity index (χ2v) is 4.52. The Balaban J connectivity index is 1.98. The van der Waals surface area contributed by atoms with E-state index in [1.807, 2.05) is 12.1 Å². The van der Waals surface area contributed by atoms with Gasteiger partial charge in [-0.15, -0.1) is 0 Å². The molecule has 0 fully saturated rings. The summed E-state index contributed by atoms with van der Waals surface area (Å²) >= 11 is 0. The van der Waals surface area contributed by atoms with Gasteiger partial charge in [-0.3, -0.25) is 9.88 Å². The van der Waals surface area contributed by atoms with Gasteiger partial charge in [-0.1, -0.05) is 5.16 Å². The third-order valence-electron chi connectivity index (χ3n) is 2.97. The van der Waals surface area contributed by atoms with Crippen LogP contribution in [0, 0.1) is 0 Å². The molecule has 2 aromatic rings. The van der Waals surface area contributed by atoms with E-state index in [1.165, 1.54) is 0 Å². The number of ether oxygens (including phenoxy) is 2. The summed E-state index contributed by atoms with van der Waals surface area (Å²) in [6.45, 7) is 3.43. The van der Waals surface area contributed by atoms with Crippen LogP contribution < -0.4 is 0 Å². The lowest BCUT2D eigenvalue weighted by atomic mass is 10.3. The average Bonchev–Trinajstić information content (AvgIpc) is 2.99. The van der Waals surface area contributed by atoms with Crippen molar-refractivity contribution in [1.29, 1.82) is 0 Å². The number of nitrogens with zero attached hydrogens (tertiary/aromatic N) is 4. The molecule has 7 heteroatoms. The molecule has 2 rings (SSSR count). The minimum atomic E-state index is 0.552. The minimum Gasteiger partial charge on any atom is -0.383 e. The van der Waals surface area contributed by atoms with Crippen LogP contribution in [-0.4, -0.2) is 60.5 Å². The van der Waals surface area contributed by atoms with Crippen molar-refractivity contribution in [2.24, 2.45) is 0 Å². The van der Waals surface area contributed by atoms with Crippen LogP contribution in [0.3, 0.4) is 0 Å². The number of rotatable bonds is 9. The van der Waals surface area contributed by atoms with Gasteiger partial charge in [-0.05, 0) is 12.1 Å². The second kappa shape index (κ2) is 8.46. The van der Waals surface area contributed by atoms with Gasteiger partial charge in [0.1, 0.15) is 0 Å². The zero-order valence-corrected chi connectivity index (χ0v) is 12.4. The average molecular weight is 292 g/mol. The van der Waals surface area contributed by atoms with Crippen LogP contribution in [0.25, 0.3) is 11.4 Å². The molecule has 0 saturated heterocycles. The first-order valence-electron chi connectivity index (χ1n) is 6.76. The van der Waals surface area contributed by atoms with Crippen molar-refractivity contribution in [2.75, 3.05) is 40.5 Å². The lowest BCUT2D eigenvalue weighted by Crippen LogP contribution is -2.30. The van der Waals surface area contributed by atoms with Crippen molar-refractivity contribution in [3.8, 4) is 11.4 Å². The highest BCUT2D eigenvalue weighted by Crippen LogP contribution is 2.14. The fraction of sp³-hybridized carbons (Fsp3) is 0.500. The maximum Gasteiger partial charge on any atom is 0.241 e. The lowest BCUT2D eigenvalue weighted by Gasteiger charge is -2.19. The first-order chi connectivity index (χ1) is 10.3. The number of methoxy groups -OCH3 is 2. The standard InChI is InChI=1S/C14H20N4O3/c1-19-8-6-18(7-9-20-2)11-13-16-14(17-21-13)12-4-3-5-15-10-12/h3-5,10H,6-9,11H2,1-2H3. The number of hydrogen-bond acceptors (Lipinski definition) is 7. The quantitative estimate of drug-likeness (QED) is 0.688. The number of pyridine rings is 1. The van der Waals surface area contributed by atoms with E-state index >= 15 is 0 Å². The maximum absolute atomic E-state index is 5.30. The van der Waals surface area contributed by atoms with E-state index < -0.39 is 0 Å². The van der Waals surface area contributed by atoms with Crippen molar-refractivity contribution in [3.05, 3.63) is 30.4 Å². The molecule has 0 spiro atoms. The molecule has 0 amide bonds. The first kappa shape index (κ1) is 15.6. The van der Waals surface area contributed by atoms with Gasteiger partial charge in [-0.25, -0.2) is 0 Å². The van der Waals surface area contributed by atoms with E-state index in [-0.39, 0.29) is 0 Å². The van der Waals surface area contributed by atoms with E-state index in [4.69, 9.17) is 14.0 Å². The number of hydrogen-bond donors (Lipinski definition) is 0. The largest absolute Gasteiger partial charge is 0.383 e. The van der Waals surface area contributed by atoms with E-state index in [1.54, 1.807) is 26.6 Å². The van der Waals surface area contributed by atoms with Gasteiger partial charge < -0.3 is 14.0 Å². The molecule has 0 bridgehead atoms. The summed E-state index contributed by atoms with van der Waals surface area (Å²) in [6, 6.07) is 3.74. The molecule has 21 heavy (non-hydrogen) atoms. The summed E-state index contributed by atoms with van der Waals surface area (Å²) in [4.78, 5) is 10.6. The topological polar surface area (TPSA) is 73.5 Å². The molecule has 0 aliphatic carbocycles. The Kier molecular flexibility index (Phi) is 6.26. The van der Waals surface area contributed by atoms with Crippen LogP contribution in [0.15, 0.2) is 29.0 Å². The van der Waals surface area contributed by atoms with Gasteiger partial charge in [0.25, 0.3) is 0 Å². The van der Waals surface area contributed by atoms with Crippen molar-refractivity contribution < 1.29 is 14.0 Å². The Morgan fingerprint density at radius 1 is 1.19 bits per heavy atom. The van der Waals surface area contributed by atoms with Crippen LogP contribution in [0.5, 0.6) is 0 Å².